The van der Waals surface area contributed by atoms with Gasteiger partial charge < -0.3 is 9.64 Å². The van der Waals surface area contributed by atoms with E-state index in [1.807, 2.05) is 0 Å². The van der Waals surface area contributed by atoms with Crippen LogP contribution in [0, 0.1) is 24.2 Å². The zero-order chi connectivity index (χ0) is 27.1. The maximum absolute atomic E-state index is 13.4. The second kappa shape index (κ2) is 13.2. The van der Waals surface area contributed by atoms with Crippen molar-refractivity contribution >= 4 is 52.1 Å². The number of unbranched alkanes of at least 4 members (excludes halogenated alkanes) is 2. The van der Waals surface area contributed by atoms with E-state index in [1.54, 1.807) is 29.4 Å². The van der Waals surface area contributed by atoms with Crippen LogP contribution in [0.25, 0.3) is 6.08 Å². The van der Waals surface area contributed by atoms with Crippen LogP contribution in [0.15, 0.2) is 9.70 Å². The zero-order valence-electron chi connectivity index (χ0n) is 22.2. The van der Waals surface area contributed by atoms with Crippen molar-refractivity contribution in [2.24, 2.45) is 5.92 Å². The number of carbonyl (C=O) groups excluding carboxylic acids is 2. The summed E-state index contributed by atoms with van der Waals surface area (Å²) in [5.41, 5.74) is 1.03. The fourth-order valence-corrected chi connectivity index (χ4v) is 6.03. The van der Waals surface area contributed by atoms with Crippen LogP contribution in [0.2, 0.25) is 0 Å². The third kappa shape index (κ3) is 6.27. The summed E-state index contributed by atoms with van der Waals surface area (Å²) in [7, 11) is 0. The molecule has 2 aliphatic heterocycles. The van der Waals surface area contributed by atoms with Crippen molar-refractivity contribution in [3.8, 4) is 6.07 Å². The van der Waals surface area contributed by atoms with Gasteiger partial charge in [0.05, 0.1) is 17.4 Å². The Labute approximate surface area is 228 Å². The number of ether oxygens (including phenoxy) is 1. The molecule has 0 aliphatic carbocycles. The minimum absolute atomic E-state index is 0.0916. The molecule has 0 saturated carbocycles. The van der Waals surface area contributed by atoms with Crippen molar-refractivity contribution in [2.75, 3.05) is 31.1 Å². The first-order valence-corrected chi connectivity index (χ1v) is 14.4. The Morgan fingerprint density at radius 3 is 2.41 bits per heavy atom. The molecule has 1 aromatic rings. The topological polar surface area (TPSA) is 95.6 Å². The smallest absolute Gasteiger partial charge is 0.309 e. The molecule has 200 valence electrons. The van der Waals surface area contributed by atoms with E-state index >= 15 is 0 Å². The van der Waals surface area contributed by atoms with Crippen LogP contribution in [-0.4, -0.2) is 51.9 Å². The first kappa shape index (κ1) is 28.9. The Kier molecular flexibility index (Phi) is 10.4. The summed E-state index contributed by atoms with van der Waals surface area (Å²) in [5.74, 6) is 0.206. The average molecular weight is 545 g/mol. The molecule has 0 radical (unpaired) electrons. The molecule has 2 aliphatic rings. The molecule has 2 fully saturated rings. The summed E-state index contributed by atoms with van der Waals surface area (Å²) in [5, 5.41) is 9.87. The minimum atomic E-state index is -0.316. The van der Waals surface area contributed by atoms with E-state index < -0.39 is 0 Å². The van der Waals surface area contributed by atoms with Crippen molar-refractivity contribution in [1.82, 2.24) is 9.47 Å². The van der Waals surface area contributed by atoms with E-state index in [0.717, 1.165) is 25.7 Å². The van der Waals surface area contributed by atoms with Gasteiger partial charge in [0, 0.05) is 31.7 Å². The molecule has 37 heavy (non-hydrogen) atoms. The van der Waals surface area contributed by atoms with Crippen LogP contribution in [0.3, 0.4) is 0 Å². The molecular weight excluding hydrogens is 508 g/mol. The molecule has 0 bridgehead atoms. The Balaban J connectivity index is 2.11. The van der Waals surface area contributed by atoms with E-state index in [4.69, 9.17) is 17.0 Å². The molecule has 0 aromatic carbocycles. The Hall–Kier alpha value is -2.64. The Bertz CT molecular complexity index is 1180. The predicted molar refractivity (Wildman–Crippen MR) is 151 cm³/mol. The molecule has 1 amide bonds. The highest BCUT2D eigenvalue weighted by atomic mass is 32.2. The van der Waals surface area contributed by atoms with E-state index in [1.165, 1.54) is 11.8 Å². The van der Waals surface area contributed by atoms with Crippen LogP contribution < -0.4 is 10.5 Å². The number of pyridine rings is 1. The lowest BCUT2D eigenvalue weighted by atomic mass is 9.95. The van der Waals surface area contributed by atoms with Gasteiger partial charge in [0.2, 0.25) is 0 Å². The first-order chi connectivity index (χ1) is 17.8. The van der Waals surface area contributed by atoms with Gasteiger partial charge in [-0.15, -0.1) is 0 Å². The third-order valence-electron chi connectivity index (χ3n) is 6.88. The van der Waals surface area contributed by atoms with Crippen molar-refractivity contribution in [1.29, 1.82) is 5.26 Å². The fraction of sp³-hybridized carbons (Fsp3) is 0.593. The summed E-state index contributed by atoms with van der Waals surface area (Å²) in [6, 6.07) is 2.10. The number of rotatable bonds is 10. The van der Waals surface area contributed by atoms with Crippen molar-refractivity contribution < 1.29 is 14.3 Å². The molecule has 0 atom stereocenters. The monoisotopic (exact) mass is 544 g/mol. The molecule has 2 saturated heterocycles. The highest BCUT2D eigenvalue weighted by Gasteiger charge is 2.34. The number of carbonyl (C=O) groups is 2. The van der Waals surface area contributed by atoms with Crippen LogP contribution in [-0.2, 0) is 20.9 Å². The summed E-state index contributed by atoms with van der Waals surface area (Å²) in [4.78, 5) is 43.2. The summed E-state index contributed by atoms with van der Waals surface area (Å²) in [6.07, 6.45) is 6.50. The van der Waals surface area contributed by atoms with E-state index in [-0.39, 0.29) is 28.9 Å². The molecule has 0 spiro atoms. The lowest BCUT2D eigenvalue weighted by Gasteiger charge is -2.35. The van der Waals surface area contributed by atoms with E-state index in [2.05, 4.69) is 24.8 Å². The summed E-state index contributed by atoms with van der Waals surface area (Å²) >= 11 is 6.75. The quantitative estimate of drug-likeness (QED) is 0.239. The fourth-order valence-electron chi connectivity index (χ4n) is 4.74. The van der Waals surface area contributed by atoms with Gasteiger partial charge in [0.15, 0.2) is 0 Å². The number of hydrogen-bond acceptors (Lipinski definition) is 8. The van der Waals surface area contributed by atoms with E-state index in [0.29, 0.717) is 71.8 Å². The van der Waals surface area contributed by atoms with Gasteiger partial charge in [-0.05, 0) is 51.2 Å². The number of thiocarbonyl (C=S) groups is 1. The molecule has 8 nitrogen and oxygen atoms in total. The maximum atomic E-state index is 13.4. The van der Waals surface area contributed by atoms with Crippen LogP contribution in [0.5, 0.6) is 0 Å². The number of anilines is 1. The van der Waals surface area contributed by atoms with E-state index in [9.17, 15) is 19.6 Å². The third-order valence-corrected chi connectivity index (χ3v) is 8.26. The Morgan fingerprint density at radius 2 is 1.81 bits per heavy atom. The SMILES string of the molecule is CCCCN1C(=O)C(=Cc2c(C)c(C#N)c(=O)n(CCCC)c2N2CCC(C(=O)OCC)CC2)SC1=S. The molecule has 3 heterocycles. The molecule has 10 heteroatoms. The molecule has 0 N–H and O–H groups in total. The molecule has 1 aromatic heterocycles. The lowest BCUT2D eigenvalue weighted by Crippen LogP contribution is -2.41. The van der Waals surface area contributed by atoms with Gasteiger partial charge in [-0.2, -0.15) is 5.26 Å². The summed E-state index contributed by atoms with van der Waals surface area (Å²) < 4.78 is 7.44. The number of esters is 1. The maximum Gasteiger partial charge on any atom is 0.309 e. The normalized spacial score (nSPS) is 17.5. The van der Waals surface area contributed by atoms with Gasteiger partial charge in [-0.1, -0.05) is 50.7 Å². The number of nitriles is 1. The van der Waals surface area contributed by atoms with Gasteiger partial charge in [-0.25, -0.2) is 0 Å². The number of nitrogens with zero attached hydrogens (tertiary/aromatic N) is 4. The van der Waals surface area contributed by atoms with Gasteiger partial charge in [0.1, 0.15) is 21.8 Å². The highest BCUT2D eigenvalue weighted by Crippen LogP contribution is 2.37. The highest BCUT2D eigenvalue weighted by molar-refractivity contribution is 8.26. The number of thioether (sulfide) groups is 1. The predicted octanol–water partition coefficient (Wildman–Crippen LogP) is 4.61. The Morgan fingerprint density at radius 1 is 1.16 bits per heavy atom. The number of hydrogen-bond donors (Lipinski definition) is 0. The van der Waals surface area contributed by atoms with Gasteiger partial charge >= 0.3 is 5.97 Å². The van der Waals surface area contributed by atoms with Crippen molar-refractivity contribution in [3.63, 3.8) is 0 Å². The summed E-state index contributed by atoms with van der Waals surface area (Å²) in [6.45, 7) is 10.2. The minimum Gasteiger partial charge on any atom is -0.466 e. The van der Waals surface area contributed by atoms with Crippen LogP contribution >= 0.6 is 24.0 Å². The number of piperidine rings is 1. The van der Waals surface area contributed by atoms with Crippen LogP contribution in [0.1, 0.15) is 76.0 Å². The van der Waals surface area contributed by atoms with Gasteiger partial charge in [0.25, 0.3) is 11.5 Å². The second-order valence-electron chi connectivity index (χ2n) is 9.36. The lowest BCUT2D eigenvalue weighted by molar-refractivity contribution is -0.148. The van der Waals surface area contributed by atoms with Crippen molar-refractivity contribution in [2.45, 2.75) is 72.8 Å². The largest absolute Gasteiger partial charge is 0.466 e. The van der Waals surface area contributed by atoms with Crippen LogP contribution in [0.4, 0.5) is 5.82 Å². The number of amides is 1. The van der Waals surface area contributed by atoms with Crippen molar-refractivity contribution in [3.05, 3.63) is 31.9 Å². The average Bonchev–Trinajstić information content (AvgIpc) is 3.15. The molecule has 0 unspecified atom stereocenters. The molecular formula is C27H36N4O4S2. The number of aromatic nitrogens is 1. The standard InChI is InChI=1S/C27H36N4O4S2/c1-5-8-12-30-23(29-14-10-19(11-15-29)26(34)35-7-3)20(18(4)21(17-28)24(30)32)16-22-25(33)31(13-9-6-2)27(36)37-22/h16,19H,5-15H2,1-4H3. The van der Waals surface area contributed by atoms with Gasteiger partial charge in [-0.3, -0.25) is 23.9 Å². The molecule has 3 rings (SSSR count). The first-order valence-electron chi connectivity index (χ1n) is 13.1. The zero-order valence-corrected chi connectivity index (χ0v) is 23.8. The second-order valence-corrected chi connectivity index (χ2v) is 11.0.